The van der Waals surface area contributed by atoms with Gasteiger partial charge in [-0.15, -0.1) is 0 Å². The van der Waals surface area contributed by atoms with E-state index in [1.165, 1.54) is 0 Å². The molecule has 0 fully saturated rings. The Morgan fingerprint density at radius 1 is 1.10 bits per heavy atom. The molecule has 0 radical (unpaired) electrons. The zero-order chi connectivity index (χ0) is 14.5. The number of methoxy groups -OCH3 is 1. The molecule has 0 aliphatic heterocycles. The molecule has 2 aromatic carbocycles. The van der Waals surface area contributed by atoms with Gasteiger partial charge in [-0.2, -0.15) is 0 Å². The maximum absolute atomic E-state index is 12.2. The Hall–Kier alpha value is -2.49. The van der Waals surface area contributed by atoms with Crippen molar-refractivity contribution in [2.75, 3.05) is 31.4 Å². The summed E-state index contributed by atoms with van der Waals surface area (Å²) in [6, 6.07) is 14.8. The molecule has 2 aromatic rings. The Kier molecular flexibility index (Phi) is 4.25. The van der Waals surface area contributed by atoms with E-state index in [1.54, 1.807) is 19.2 Å². The molecule has 0 saturated carbocycles. The number of nitrogens with one attached hydrogen (secondary N) is 1. The van der Waals surface area contributed by atoms with E-state index in [-0.39, 0.29) is 5.91 Å². The second-order valence-corrected chi connectivity index (χ2v) is 4.63. The van der Waals surface area contributed by atoms with Crippen molar-refractivity contribution in [1.29, 1.82) is 0 Å². The summed E-state index contributed by atoms with van der Waals surface area (Å²) in [6.45, 7) is 0. The van der Waals surface area contributed by atoms with Crippen LogP contribution in [0.1, 0.15) is 10.4 Å². The Bertz CT molecular complexity index is 609. The number of rotatable bonds is 4. The van der Waals surface area contributed by atoms with Crippen LogP contribution in [0.5, 0.6) is 5.75 Å². The minimum absolute atomic E-state index is 0.137. The van der Waals surface area contributed by atoms with Crippen LogP contribution in [0, 0.1) is 0 Å². The van der Waals surface area contributed by atoms with Gasteiger partial charge in [-0.25, -0.2) is 0 Å². The summed E-state index contributed by atoms with van der Waals surface area (Å²) in [6.07, 6.45) is 0. The van der Waals surface area contributed by atoms with E-state index in [2.05, 4.69) is 5.32 Å². The predicted molar refractivity (Wildman–Crippen MR) is 81.7 cm³/mol. The van der Waals surface area contributed by atoms with Gasteiger partial charge in [0.1, 0.15) is 5.75 Å². The second-order valence-electron chi connectivity index (χ2n) is 4.63. The van der Waals surface area contributed by atoms with Gasteiger partial charge < -0.3 is 15.0 Å². The molecule has 0 saturated heterocycles. The third-order valence-electron chi connectivity index (χ3n) is 2.95. The van der Waals surface area contributed by atoms with E-state index >= 15 is 0 Å². The van der Waals surface area contributed by atoms with Crippen molar-refractivity contribution in [1.82, 2.24) is 0 Å². The second kappa shape index (κ2) is 6.10. The summed E-state index contributed by atoms with van der Waals surface area (Å²) in [5.41, 5.74) is 2.33. The van der Waals surface area contributed by atoms with E-state index in [0.717, 1.165) is 5.69 Å². The molecule has 0 heterocycles. The summed E-state index contributed by atoms with van der Waals surface area (Å²) >= 11 is 0. The highest BCUT2D eigenvalue weighted by Crippen LogP contribution is 2.19. The van der Waals surface area contributed by atoms with Crippen molar-refractivity contribution in [2.45, 2.75) is 0 Å². The Labute approximate surface area is 119 Å². The van der Waals surface area contributed by atoms with Crippen molar-refractivity contribution < 1.29 is 9.53 Å². The molecule has 0 spiro atoms. The standard InChI is InChI=1S/C16H18N2O2/c1-18(2)14-8-4-6-12(10-14)16(19)17-13-7-5-9-15(11-13)20-3/h4-11H,1-3H3,(H,17,19). The van der Waals surface area contributed by atoms with E-state index < -0.39 is 0 Å². The number of benzene rings is 2. The SMILES string of the molecule is COc1cccc(NC(=O)c2cccc(N(C)C)c2)c1. The molecule has 1 N–H and O–H groups in total. The monoisotopic (exact) mass is 270 g/mol. The zero-order valence-electron chi connectivity index (χ0n) is 11.9. The third kappa shape index (κ3) is 3.29. The average Bonchev–Trinajstić information content (AvgIpc) is 2.47. The molecule has 0 unspecified atom stereocenters. The van der Waals surface area contributed by atoms with Gasteiger partial charge in [-0.3, -0.25) is 4.79 Å². The number of carbonyl (C=O) groups excluding carboxylic acids is 1. The summed E-state index contributed by atoms with van der Waals surface area (Å²) in [7, 11) is 5.49. The van der Waals surface area contributed by atoms with Gasteiger partial charge in [0.2, 0.25) is 0 Å². The van der Waals surface area contributed by atoms with Gasteiger partial charge >= 0.3 is 0 Å². The molecule has 4 nitrogen and oxygen atoms in total. The summed E-state index contributed by atoms with van der Waals surface area (Å²) in [5, 5.41) is 2.86. The highest BCUT2D eigenvalue weighted by Gasteiger charge is 2.08. The maximum Gasteiger partial charge on any atom is 0.255 e. The van der Waals surface area contributed by atoms with E-state index in [4.69, 9.17) is 4.74 Å². The van der Waals surface area contributed by atoms with Gasteiger partial charge in [0.15, 0.2) is 0 Å². The highest BCUT2D eigenvalue weighted by atomic mass is 16.5. The van der Waals surface area contributed by atoms with E-state index in [0.29, 0.717) is 17.0 Å². The molecule has 0 atom stereocenters. The largest absolute Gasteiger partial charge is 0.497 e. The normalized spacial score (nSPS) is 9.95. The maximum atomic E-state index is 12.2. The van der Waals surface area contributed by atoms with Crippen molar-refractivity contribution in [3.05, 3.63) is 54.1 Å². The summed E-state index contributed by atoms with van der Waals surface area (Å²) in [5.74, 6) is 0.576. The van der Waals surface area contributed by atoms with Crippen molar-refractivity contribution in [3.63, 3.8) is 0 Å². The first-order valence-corrected chi connectivity index (χ1v) is 6.33. The highest BCUT2D eigenvalue weighted by molar-refractivity contribution is 6.04. The number of hydrogen-bond donors (Lipinski definition) is 1. The minimum Gasteiger partial charge on any atom is -0.497 e. The van der Waals surface area contributed by atoms with Crippen LogP contribution in [0.15, 0.2) is 48.5 Å². The third-order valence-corrected chi connectivity index (χ3v) is 2.95. The number of nitrogens with zero attached hydrogens (tertiary/aromatic N) is 1. The molecule has 0 bridgehead atoms. The number of anilines is 2. The molecular weight excluding hydrogens is 252 g/mol. The Morgan fingerprint density at radius 2 is 1.85 bits per heavy atom. The van der Waals surface area contributed by atoms with Gasteiger partial charge in [-0.05, 0) is 30.3 Å². The quantitative estimate of drug-likeness (QED) is 0.928. The average molecular weight is 270 g/mol. The fraction of sp³-hybridized carbons (Fsp3) is 0.188. The zero-order valence-corrected chi connectivity index (χ0v) is 11.9. The minimum atomic E-state index is -0.137. The van der Waals surface area contributed by atoms with Gasteiger partial charge in [0.05, 0.1) is 7.11 Å². The lowest BCUT2D eigenvalue weighted by molar-refractivity contribution is 0.102. The number of carbonyl (C=O) groups is 1. The van der Waals surface area contributed by atoms with Crippen molar-refractivity contribution in [3.8, 4) is 5.75 Å². The first-order valence-electron chi connectivity index (χ1n) is 6.33. The van der Waals surface area contributed by atoms with Gasteiger partial charge in [0.25, 0.3) is 5.91 Å². The number of ether oxygens (including phenoxy) is 1. The molecule has 0 aliphatic rings. The van der Waals surface area contributed by atoms with Crippen molar-refractivity contribution >= 4 is 17.3 Å². The first kappa shape index (κ1) is 13.9. The number of hydrogen-bond acceptors (Lipinski definition) is 3. The predicted octanol–water partition coefficient (Wildman–Crippen LogP) is 3.01. The van der Waals surface area contributed by atoms with E-state index in [1.807, 2.05) is 55.4 Å². The Morgan fingerprint density at radius 3 is 2.55 bits per heavy atom. The lowest BCUT2D eigenvalue weighted by Gasteiger charge is -2.13. The molecule has 0 aromatic heterocycles. The molecule has 4 heteroatoms. The van der Waals surface area contributed by atoms with Crippen molar-refractivity contribution in [2.24, 2.45) is 0 Å². The van der Waals surface area contributed by atoms with Crippen LogP contribution in [0.3, 0.4) is 0 Å². The van der Waals surface area contributed by atoms with Crippen LogP contribution >= 0.6 is 0 Å². The lowest BCUT2D eigenvalue weighted by atomic mass is 10.1. The first-order chi connectivity index (χ1) is 9.60. The van der Waals surface area contributed by atoms with Crippen LogP contribution < -0.4 is 15.0 Å². The van der Waals surface area contributed by atoms with Crippen LogP contribution in [0.4, 0.5) is 11.4 Å². The van der Waals surface area contributed by atoms with Crippen LogP contribution in [-0.4, -0.2) is 27.1 Å². The topological polar surface area (TPSA) is 41.6 Å². The molecule has 104 valence electrons. The van der Waals surface area contributed by atoms with Crippen LogP contribution in [0.25, 0.3) is 0 Å². The summed E-state index contributed by atoms with van der Waals surface area (Å²) < 4.78 is 5.13. The summed E-state index contributed by atoms with van der Waals surface area (Å²) in [4.78, 5) is 14.2. The molecule has 1 amide bonds. The van der Waals surface area contributed by atoms with Crippen LogP contribution in [0.2, 0.25) is 0 Å². The smallest absolute Gasteiger partial charge is 0.255 e. The lowest BCUT2D eigenvalue weighted by Crippen LogP contribution is -2.14. The fourth-order valence-electron chi connectivity index (χ4n) is 1.83. The fourth-order valence-corrected chi connectivity index (χ4v) is 1.83. The van der Waals surface area contributed by atoms with Gasteiger partial charge in [0, 0.05) is 37.1 Å². The molecule has 20 heavy (non-hydrogen) atoms. The molecule has 0 aliphatic carbocycles. The Balaban J connectivity index is 2.17. The van der Waals surface area contributed by atoms with Gasteiger partial charge in [-0.1, -0.05) is 12.1 Å². The molecular formula is C16H18N2O2. The molecule has 2 rings (SSSR count). The van der Waals surface area contributed by atoms with Crippen LogP contribution in [-0.2, 0) is 0 Å². The van der Waals surface area contributed by atoms with E-state index in [9.17, 15) is 4.79 Å². The number of amides is 1.